The Bertz CT molecular complexity index is 84.9. The van der Waals surface area contributed by atoms with Crippen molar-refractivity contribution in [2.75, 3.05) is 12.7 Å². The average molecular weight is 396 g/mol. The predicted octanol–water partition coefficient (Wildman–Crippen LogP) is 3.71. The molecule has 0 atom stereocenters. The van der Waals surface area contributed by atoms with Crippen LogP contribution in [0.2, 0.25) is 19.1 Å². The number of nitrogens with one attached hydrogen (secondary N) is 2. The molecule has 0 amide bonds. The number of halogens is 2. The van der Waals surface area contributed by atoms with Crippen molar-refractivity contribution in [1.29, 1.82) is 0 Å². The van der Waals surface area contributed by atoms with Crippen LogP contribution in [0.15, 0.2) is 0 Å². The third-order valence-corrected chi connectivity index (χ3v) is 3.84. The van der Waals surface area contributed by atoms with Gasteiger partial charge in [0.25, 0.3) is 0 Å². The van der Waals surface area contributed by atoms with E-state index in [0.717, 1.165) is 6.04 Å². The van der Waals surface area contributed by atoms with Crippen LogP contribution in [0.25, 0.3) is 11.5 Å². The summed E-state index contributed by atoms with van der Waals surface area (Å²) in [4.78, 5) is 0. The molecule has 0 heterocycles. The first kappa shape index (κ1) is 14.9. The number of rotatable bonds is 3. The zero-order valence-electron chi connectivity index (χ0n) is 6.69. The Balaban J connectivity index is 0. The van der Waals surface area contributed by atoms with Gasteiger partial charge in [0.1, 0.15) is 0 Å². The minimum absolute atomic E-state index is 0.472. The topological polar surface area (TPSA) is 47.6 Å². The van der Waals surface area contributed by atoms with Crippen molar-refractivity contribution in [3.63, 3.8) is 0 Å². The molecule has 0 aromatic heterocycles. The average Bonchev–Trinajstić information content (AvgIpc) is 1.90. The minimum atomic E-state index is -1.20. The zero-order chi connectivity index (χ0) is 9.33. The molecule has 0 radical (unpaired) electrons. The van der Waals surface area contributed by atoms with Gasteiger partial charge in [-0.05, 0) is 0 Å². The molecule has 0 spiro atoms. The monoisotopic (exact) mass is 395 g/mol. The van der Waals surface area contributed by atoms with Gasteiger partial charge in [-0.1, -0.05) is 19.1 Å². The molecule has 0 aliphatic carbocycles. The first-order valence-corrected chi connectivity index (χ1v) is 12.2. The van der Waals surface area contributed by atoms with Crippen LogP contribution < -0.4 is 0 Å². The Labute approximate surface area is 86.4 Å². The molecule has 2 nitrogen and oxygen atoms in total. The molecule has 0 saturated carbocycles. The van der Waals surface area contributed by atoms with Gasteiger partial charge in [-0.15, -0.1) is 0 Å². The van der Waals surface area contributed by atoms with E-state index in [0.29, 0.717) is 12.7 Å². The molecule has 72 valence electrons. The maximum atomic E-state index is 7.09. The molecular weight excluding hydrogens is 382 g/mol. The van der Waals surface area contributed by atoms with Gasteiger partial charge in [0, 0.05) is 8.07 Å². The third kappa shape index (κ3) is 14.3. The fourth-order valence-electron chi connectivity index (χ4n) is 0.427. The normalized spacial score (nSPS) is 10.7. The van der Waals surface area contributed by atoms with Crippen molar-refractivity contribution >= 4 is 26.9 Å². The summed E-state index contributed by atoms with van der Waals surface area (Å²) in [6.45, 7) is 4.83. The molecule has 0 aromatic carbocycles. The molecule has 6 heteroatoms. The fourth-order valence-corrected chi connectivity index (χ4v) is 1.28. The van der Waals surface area contributed by atoms with Crippen LogP contribution >= 0.6 is 18.8 Å². The fraction of sp³-hybridized carbons (Fsp3) is 1.00. The van der Waals surface area contributed by atoms with E-state index < -0.39 is 24.6 Å². The molecule has 0 saturated heterocycles. The third-order valence-electron chi connectivity index (χ3n) is 1.28. The second kappa shape index (κ2) is 9.49. The predicted molar refractivity (Wildman–Crippen MR) is 52.4 cm³/mol. The van der Waals surface area contributed by atoms with E-state index in [1.54, 1.807) is 0 Å². The number of hydrogen-bond acceptors (Lipinski definition) is 0. The second-order valence-corrected chi connectivity index (χ2v) is 11.4. The van der Waals surface area contributed by atoms with Gasteiger partial charge in [0.15, 0.2) is 0 Å². The molecule has 0 aliphatic rings. The van der Waals surface area contributed by atoms with Crippen LogP contribution in [-0.2, 0) is 16.5 Å². The molecule has 0 aromatic rings. The summed E-state index contributed by atoms with van der Waals surface area (Å²) < 4.78 is 0. The van der Waals surface area contributed by atoms with Crippen molar-refractivity contribution in [1.82, 2.24) is 0 Å². The van der Waals surface area contributed by atoms with Crippen LogP contribution in [0.5, 0.6) is 0 Å². The van der Waals surface area contributed by atoms with E-state index in [2.05, 4.69) is 13.1 Å². The molecule has 2 N–H and O–H groups in total. The molecule has 0 bridgehead atoms. The molecular formula is C5H14Cl2N2PtSi. The quantitative estimate of drug-likeness (QED) is 0.654. The van der Waals surface area contributed by atoms with E-state index in [9.17, 15) is 0 Å². The SMILES string of the molecule is C[Si](C)(C[NH-])CC[NH-].[Cl][Pt+2][Cl]. The van der Waals surface area contributed by atoms with Crippen molar-refractivity contribution < 1.29 is 16.5 Å². The maximum absolute atomic E-state index is 7.09. The van der Waals surface area contributed by atoms with E-state index in [-0.39, 0.29) is 0 Å². The second-order valence-electron chi connectivity index (χ2n) is 2.89. The van der Waals surface area contributed by atoms with Crippen LogP contribution in [0, 0.1) is 0 Å². The van der Waals surface area contributed by atoms with Gasteiger partial charge in [-0.2, -0.15) is 12.7 Å². The van der Waals surface area contributed by atoms with Gasteiger partial charge < -0.3 is 11.5 Å². The van der Waals surface area contributed by atoms with Gasteiger partial charge in [-0.3, -0.25) is 0 Å². The Morgan fingerprint density at radius 3 is 1.73 bits per heavy atom. The Hall–Kier alpha value is 1.41. The summed E-state index contributed by atoms with van der Waals surface area (Å²) in [5.41, 5.74) is 14.0. The van der Waals surface area contributed by atoms with Crippen LogP contribution in [0.1, 0.15) is 0 Å². The first-order chi connectivity index (χ1) is 5.04. The van der Waals surface area contributed by atoms with Crippen LogP contribution in [-0.4, -0.2) is 20.8 Å². The van der Waals surface area contributed by atoms with E-state index >= 15 is 0 Å². The van der Waals surface area contributed by atoms with E-state index in [4.69, 9.17) is 30.3 Å². The summed E-state index contributed by atoms with van der Waals surface area (Å²) in [5.74, 6) is 0. The summed E-state index contributed by atoms with van der Waals surface area (Å²) in [6.07, 6.45) is 0.575. The van der Waals surface area contributed by atoms with Crippen molar-refractivity contribution in [3.05, 3.63) is 11.5 Å². The zero-order valence-corrected chi connectivity index (χ0v) is 11.5. The summed E-state index contributed by atoms with van der Waals surface area (Å²) in [6, 6.07) is 0.983. The van der Waals surface area contributed by atoms with Crippen LogP contribution in [0.4, 0.5) is 0 Å². The Kier molecular flexibility index (Phi) is 12.9. The van der Waals surface area contributed by atoms with Crippen molar-refractivity contribution in [2.45, 2.75) is 19.1 Å². The van der Waals surface area contributed by atoms with E-state index in [1.165, 1.54) is 0 Å². The van der Waals surface area contributed by atoms with Crippen LogP contribution in [0.3, 0.4) is 0 Å². The van der Waals surface area contributed by atoms with Gasteiger partial charge in [0.05, 0.1) is 0 Å². The summed E-state index contributed by atoms with van der Waals surface area (Å²) in [5, 5.41) is 0. The Morgan fingerprint density at radius 1 is 1.27 bits per heavy atom. The van der Waals surface area contributed by atoms with Gasteiger partial charge >= 0.3 is 35.3 Å². The van der Waals surface area contributed by atoms with Gasteiger partial charge in [-0.25, -0.2) is 0 Å². The summed E-state index contributed by atoms with van der Waals surface area (Å²) >= 11 is -0.472. The molecule has 0 fully saturated rings. The van der Waals surface area contributed by atoms with Crippen molar-refractivity contribution in [3.8, 4) is 0 Å². The molecule has 0 unspecified atom stereocenters. The molecule has 0 rings (SSSR count). The van der Waals surface area contributed by atoms with Gasteiger partial charge in [0.2, 0.25) is 0 Å². The molecule has 11 heavy (non-hydrogen) atoms. The summed E-state index contributed by atoms with van der Waals surface area (Å²) in [7, 11) is 8.55. The van der Waals surface area contributed by atoms with Crippen molar-refractivity contribution in [2.24, 2.45) is 0 Å². The molecule has 0 aliphatic heterocycles. The first-order valence-electron chi connectivity index (χ1n) is 3.15. The van der Waals surface area contributed by atoms with E-state index in [1.807, 2.05) is 0 Å². The Morgan fingerprint density at radius 2 is 1.64 bits per heavy atom. The number of hydrogen-bond donors (Lipinski definition) is 0. The standard InChI is InChI=1S/C5H14N2Si.2ClH.Pt/c1-8(2,5-7)4-3-6;;;/h6-7H,3-5H2,1-2H3;2*1H;/q-2;;;+4/p-2.